The van der Waals surface area contributed by atoms with Crippen LogP contribution in [0.3, 0.4) is 0 Å². The highest BCUT2D eigenvalue weighted by Gasteiger charge is 2.22. The molecule has 1 aromatic rings. The third-order valence-electron chi connectivity index (χ3n) is 5.24. The van der Waals surface area contributed by atoms with Gasteiger partial charge in [-0.1, -0.05) is 12.1 Å². The molecule has 1 atom stereocenters. The van der Waals surface area contributed by atoms with E-state index >= 15 is 0 Å². The number of hydrogen-bond acceptors (Lipinski definition) is 5. The molecular weight excluding hydrogens is 361 g/mol. The van der Waals surface area contributed by atoms with Crippen LogP contribution in [0.25, 0.3) is 0 Å². The number of halogens is 1. The summed E-state index contributed by atoms with van der Waals surface area (Å²) >= 11 is 0. The smallest absolute Gasteiger partial charge is 0.188 e. The SMILES string of the molecule is NC(=NCC(c1ccc(F)cc1)N1CCOCC1)NCCCN1CCOCC1. The number of nitrogens with one attached hydrogen (secondary N) is 1. The summed E-state index contributed by atoms with van der Waals surface area (Å²) in [5.41, 5.74) is 7.12. The van der Waals surface area contributed by atoms with Gasteiger partial charge in [-0.05, 0) is 30.7 Å². The Morgan fingerprint density at radius 3 is 2.39 bits per heavy atom. The first kappa shape index (κ1) is 21.0. The second-order valence-electron chi connectivity index (χ2n) is 7.18. The van der Waals surface area contributed by atoms with Gasteiger partial charge < -0.3 is 20.5 Å². The molecule has 8 heteroatoms. The molecule has 0 aromatic heterocycles. The number of nitrogens with two attached hydrogens (primary N) is 1. The fraction of sp³-hybridized carbons (Fsp3) is 0.650. The van der Waals surface area contributed by atoms with E-state index < -0.39 is 0 Å². The molecule has 2 saturated heterocycles. The van der Waals surface area contributed by atoms with E-state index in [4.69, 9.17) is 15.2 Å². The summed E-state index contributed by atoms with van der Waals surface area (Å²) in [5, 5.41) is 3.21. The largest absolute Gasteiger partial charge is 0.379 e. The van der Waals surface area contributed by atoms with Crippen LogP contribution in [-0.4, -0.2) is 88.0 Å². The van der Waals surface area contributed by atoms with Gasteiger partial charge in [0, 0.05) is 32.7 Å². The van der Waals surface area contributed by atoms with Crippen molar-refractivity contribution in [1.82, 2.24) is 15.1 Å². The number of nitrogens with zero attached hydrogens (tertiary/aromatic N) is 3. The maximum Gasteiger partial charge on any atom is 0.188 e. The molecule has 0 spiro atoms. The van der Waals surface area contributed by atoms with E-state index in [2.05, 4.69) is 20.1 Å². The number of morpholine rings is 2. The Morgan fingerprint density at radius 1 is 1.07 bits per heavy atom. The summed E-state index contributed by atoms with van der Waals surface area (Å²) in [4.78, 5) is 9.29. The molecule has 0 saturated carbocycles. The van der Waals surface area contributed by atoms with Crippen LogP contribution < -0.4 is 11.1 Å². The van der Waals surface area contributed by atoms with E-state index in [1.54, 1.807) is 0 Å². The lowest BCUT2D eigenvalue weighted by Crippen LogP contribution is -2.41. The molecular formula is C20H32FN5O2. The first-order chi connectivity index (χ1) is 13.7. The molecule has 0 aliphatic carbocycles. The van der Waals surface area contributed by atoms with Gasteiger partial charge in [-0.2, -0.15) is 0 Å². The molecule has 3 rings (SSSR count). The van der Waals surface area contributed by atoms with Crippen LogP contribution >= 0.6 is 0 Å². The first-order valence-electron chi connectivity index (χ1n) is 10.1. The monoisotopic (exact) mass is 393 g/mol. The van der Waals surface area contributed by atoms with Gasteiger partial charge in [-0.3, -0.25) is 14.8 Å². The Morgan fingerprint density at radius 2 is 1.71 bits per heavy atom. The van der Waals surface area contributed by atoms with E-state index in [0.29, 0.717) is 25.7 Å². The Bertz CT molecular complexity index is 601. The maximum atomic E-state index is 13.3. The summed E-state index contributed by atoms with van der Waals surface area (Å²) in [6.45, 7) is 9.11. The topological polar surface area (TPSA) is 75.3 Å². The zero-order valence-corrected chi connectivity index (χ0v) is 16.5. The van der Waals surface area contributed by atoms with Gasteiger partial charge in [0.05, 0.1) is 39.0 Å². The van der Waals surface area contributed by atoms with Crippen molar-refractivity contribution in [2.75, 3.05) is 72.2 Å². The number of aliphatic imine (C=N–C) groups is 1. The van der Waals surface area contributed by atoms with E-state index in [1.807, 2.05) is 12.1 Å². The van der Waals surface area contributed by atoms with E-state index in [0.717, 1.165) is 64.5 Å². The molecule has 7 nitrogen and oxygen atoms in total. The third kappa shape index (κ3) is 6.70. The highest BCUT2D eigenvalue weighted by Crippen LogP contribution is 2.22. The molecule has 28 heavy (non-hydrogen) atoms. The van der Waals surface area contributed by atoms with Crippen molar-refractivity contribution in [2.24, 2.45) is 10.7 Å². The minimum absolute atomic E-state index is 0.0678. The predicted octanol–water partition coefficient (Wildman–Crippen LogP) is 0.826. The van der Waals surface area contributed by atoms with Gasteiger partial charge in [-0.25, -0.2) is 4.39 Å². The van der Waals surface area contributed by atoms with Crippen molar-refractivity contribution in [3.63, 3.8) is 0 Å². The number of benzene rings is 1. The van der Waals surface area contributed by atoms with Crippen molar-refractivity contribution >= 4 is 5.96 Å². The Kier molecular flexibility index (Phi) is 8.47. The summed E-state index contributed by atoms with van der Waals surface area (Å²) in [6.07, 6.45) is 1.01. The van der Waals surface area contributed by atoms with Crippen molar-refractivity contribution in [3.05, 3.63) is 35.6 Å². The molecule has 2 heterocycles. The molecule has 156 valence electrons. The molecule has 3 N–H and O–H groups in total. The number of rotatable bonds is 8. The van der Waals surface area contributed by atoms with Crippen LogP contribution in [0.15, 0.2) is 29.3 Å². The van der Waals surface area contributed by atoms with Crippen LogP contribution in [0.2, 0.25) is 0 Å². The summed E-state index contributed by atoms with van der Waals surface area (Å²) in [7, 11) is 0. The Labute approximate surface area is 166 Å². The van der Waals surface area contributed by atoms with Crippen LogP contribution in [-0.2, 0) is 9.47 Å². The van der Waals surface area contributed by atoms with Crippen molar-refractivity contribution in [2.45, 2.75) is 12.5 Å². The molecule has 2 aliphatic rings. The zero-order valence-electron chi connectivity index (χ0n) is 16.5. The summed E-state index contributed by atoms with van der Waals surface area (Å²) < 4.78 is 24.1. The van der Waals surface area contributed by atoms with Gasteiger partial charge in [0.15, 0.2) is 5.96 Å². The molecule has 2 fully saturated rings. The van der Waals surface area contributed by atoms with Crippen molar-refractivity contribution in [3.8, 4) is 0 Å². The van der Waals surface area contributed by atoms with Gasteiger partial charge >= 0.3 is 0 Å². The van der Waals surface area contributed by atoms with E-state index in [1.165, 1.54) is 12.1 Å². The lowest BCUT2D eigenvalue weighted by Gasteiger charge is -2.34. The first-order valence-corrected chi connectivity index (χ1v) is 10.1. The van der Waals surface area contributed by atoms with Gasteiger partial charge in [0.2, 0.25) is 0 Å². The van der Waals surface area contributed by atoms with E-state index in [9.17, 15) is 4.39 Å². The molecule has 2 aliphatic heterocycles. The van der Waals surface area contributed by atoms with Crippen molar-refractivity contribution in [1.29, 1.82) is 0 Å². The zero-order chi connectivity index (χ0) is 19.6. The Hall–Kier alpha value is -1.74. The molecule has 0 radical (unpaired) electrons. The van der Waals surface area contributed by atoms with Crippen LogP contribution in [0.5, 0.6) is 0 Å². The summed E-state index contributed by atoms with van der Waals surface area (Å²) in [6, 6.07) is 6.73. The fourth-order valence-corrected chi connectivity index (χ4v) is 3.59. The minimum atomic E-state index is -0.227. The number of ether oxygens (including phenoxy) is 2. The van der Waals surface area contributed by atoms with Gasteiger partial charge in [0.25, 0.3) is 0 Å². The molecule has 1 aromatic carbocycles. The third-order valence-corrected chi connectivity index (χ3v) is 5.24. The van der Waals surface area contributed by atoms with Gasteiger partial charge in [0.1, 0.15) is 5.82 Å². The predicted molar refractivity (Wildman–Crippen MR) is 108 cm³/mol. The average molecular weight is 394 g/mol. The van der Waals surface area contributed by atoms with Crippen LogP contribution in [0, 0.1) is 5.82 Å². The second kappa shape index (κ2) is 11.3. The quantitative estimate of drug-likeness (QED) is 0.387. The lowest BCUT2D eigenvalue weighted by molar-refractivity contribution is 0.0179. The fourth-order valence-electron chi connectivity index (χ4n) is 3.59. The second-order valence-corrected chi connectivity index (χ2v) is 7.18. The highest BCUT2D eigenvalue weighted by molar-refractivity contribution is 5.77. The lowest BCUT2D eigenvalue weighted by atomic mass is 10.0. The molecule has 0 bridgehead atoms. The molecule has 1 unspecified atom stereocenters. The minimum Gasteiger partial charge on any atom is -0.379 e. The van der Waals surface area contributed by atoms with E-state index in [-0.39, 0.29) is 11.9 Å². The standard InChI is InChI=1S/C20H32FN5O2/c21-18-4-2-17(3-5-18)19(26-10-14-28-15-11-26)16-24-20(22)23-6-1-7-25-8-12-27-13-9-25/h2-5,19H,1,6-16H2,(H3,22,23,24). The Balaban J connectivity index is 1.48. The molecule has 0 amide bonds. The maximum absolute atomic E-state index is 13.3. The number of guanidine groups is 1. The summed E-state index contributed by atoms with van der Waals surface area (Å²) in [5.74, 6) is 0.233. The van der Waals surface area contributed by atoms with Crippen LogP contribution in [0.4, 0.5) is 4.39 Å². The highest BCUT2D eigenvalue weighted by atomic mass is 19.1. The van der Waals surface area contributed by atoms with Crippen LogP contribution in [0.1, 0.15) is 18.0 Å². The normalized spacial score (nSPS) is 20.8. The van der Waals surface area contributed by atoms with Crippen molar-refractivity contribution < 1.29 is 13.9 Å². The number of hydrogen-bond donors (Lipinski definition) is 2. The van der Waals surface area contributed by atoms with Gasteiger partial charge in [-0.15, -0.1) is 0 Å². The average Bonchev–Trinajstić information content (AvgIpc) is 2.74.